The predicted molar refractivity (Wildman–Crippen MR) is 71.1 cm³/mol. The molecule has 18 heavy (non-hydrogen) atoms. The first-order valence-corrected chi connectivity index (χ1v) is 7.01. The molecule has 0 aliphatic heterocycles. The molecule has 4 nitrogen and oxygen atoms in total. The van der Waals surface area contributed by atoms with Crippen LogP contribution in [-0.4, -0.2) is 16.2 Å². The standard InChI is InChI=1S/C14H25N3O/c1-14(2,3)9-12-16-13(18-17-12)8-10-6-4-5-7-11(10)15/h10-11H,4-9,15H2,1-3H3. The van der Waals surface area contributed by atoms with Crippen LogP contribution in [-0.2, 0) is 12.8 Å². The molecule has 2 atom stereocenters. The first-order valence-electron chi connectivity index (χ1n) is 7.01. The molecule has 1 heterocycles. The van der Waals surface area contributed by atoms with Crippen LogP contribution in [0.1, 0.15) is 58.2 Å². The zero-order valence-electron chi connectivity index (χ0n) is 11.8. The summed E-state index contributed by atoms with van der Waals surface area (Å²) in [6.45, 7) is 6.54. The smallest absolute Gasteiger partial charge is 0.226 e. The van der Waals surface area contributed by atoms with Gasteiger partial charge in [0.25, 0.3) is 0 Å². The zero-order valence-corrected chi connectivity index (χ0v) is 11.8. The third-order valence-corrected chi connectivity index (χ3v) is 3.60. The summed E-state index contributed by atoms with van der Waals surface area (Å²) in [5.41, 5.74) is 6.34. The summed E-state index contributed by atoms with van der Waals surface area (Å²) < 4.78 is 5.34. The Morgan fingerprint density at radius 1 is 1.28 bits per heavy atom. The topological polar surface area (TPSA) is 64.9 Å². The van der Waals surface area contributed by atoms with Crippen molar-refractivity contribution < 1.29 is 4.52 Å². The van der Waals surface area contributed by atoms with Gasteiger partial charge in [-0.15, -0.1) is 0 Å². The Labute approximate surface area is 109 Å². The predicted octanol–water partition coefficient (Wildman–Crippen LogP) is 2.72. The summed E-state index contributed by atoms with van der Waals surface area (Å²) in [6.07, 6.45) is 6.56. The van der Waals surface area contributed by atoms with Crippen molar-refractivity contribution >= 4 is 0 Å². The van der Waals surface area contributed by atoms with E-state index < -0.39 is 0 Å². The Balaban J connectivity index is 1.93. The Morgan fingerprint density at radius 2 is 2.00 bits per heavy atom. The summed E-state index contributed by atoms with van der Waals surface area (Å²) in [6, 6.07) is 0.303. The minimum absolute atomic E-state index is 0.197. The molecule has 1 aromatic rings. The SMILES string of the molecule is CC(C)(C)Cc1noc(CC2CCCCC2N)n1. The lowest BCUT2D eigenvalue weighted by Crippen LogP contribution is -2.34. The monoisotopic (exact) mass is 251 g/mol. The lowest BCUT2D eigenvalue weighted by Gasteiger charge is -2.27. The molecule has 0 aromatic carbocycles. The van der Waals surface area contributed by atoms with E-state index in [4.69, 9.17) is 10.3 Å². The van der Waals surface area contributed by atoms with Crippen LogP contribution < -0.4 is 5.73 Å². The van der Waals surface area contributed by atoms with Crippen LogP contribution in [0.25, 0.3) is 0 Å². The molecule has 2 N–H and O–H groups in total. The maximum absolute atomic E-state index is 6.15. The second-order valence-corrected chi connectivity index (χ2v) is 6.75. The third-order valence-electron chi connectivity index (χ3n) is 3.60. The fourth-order valence-electron chi connectivity index (χ4n) is 2.63. The van der Waals surface area contributed by atoms with Crippen molar-refractivity contribution in [2.45, 2.75) is 65.3 Å². The average molecular weight is 251 g/mol. The van der Waals surface area contributed by atoms with Gasteiger partial charge in [0.1, 0.15) is 0 Å². The van der Waals surface area contributed by atoms with Gasteiger partial charge >= 0.3 is 0 Å². The lowest BCUT2D eigenvalue weighted by atomic mass is 9.83. The van der Waals surface area contributed by atoms with E-state index in [0.29, 0.717) is 12.0 Å². The molecule has 0 spiro atoms. The molecule has 1 saturated carbocycles. The van der Waals surface area contributed by atoms with Gasteiger partial charge in [-0.05, 0) is 24.2 Å². The molecule has 2 unspecified atom stereocenters. The third kappa shape index (κ3) is 3.80. The molecular weight excluding hydrogens is 226 g/mol. The molecule has 1 aliphatic rings. The fraction of sp³-hybridized carbons (Fsp3) is 0.857. The molecule has 1 aromatic heterocycles. The van der Waals surface area contributed by atoms with Crippen LogP contribution in [0, 0.1) is 11.3 Å². The zero-order chi connectivity index (χ0) is 13.2. The van der Waals surface area contributed by atoms with Crippen molar-refractivity contribution in [2.24, 2.45) is 17.1 Å². The largest absolute Gasteiger partial charge is 0.339 e. The number of nitrogens with zero attached hydrogens (tertiary/aromatic N) is 2. The normalized spacial score (nSPS) is 25.3. The van der Waals surface area contributed by atoms with Crippen molar-refractivity contribution in [1.82, 2.24) is 10.1 Å². The molecule has 0 amide bonds. The first kappa shape index (κ1) is 13.5. The van der Waals surface area contributed by atoms with E-state index >= 15 is 0 Å². The van der Waals surface area contributed by atoms with Crippen LogP contribution >= 0.6 is 0 Å². The second-order valence-electron chi connectivity index (χ2n) is 6.75. The van der Waals surface area contributed by atoms with Crippen LogP contribution in [0.5, 0.6) is 0 Å². The minimum atomic E-state index is 0.197. The number of hydrogen-bond donors (Lipinski definition) is 1. The first-order chi connectivity index (χ1) is 8.44. The number of rotatable bonds is 3. The van der Waals surface area contributed by atoms with Gasteiger partial charge in [0, 0.05) is 18.9 Å². The highest BCUT2D eigenvalue weighted by atomic mass is 16.5. The summed E-state index contributed by atoms with van der Waals surface area (Å²) in [4.78, 5) is 4.49. The summed E-state index contributed by atoms with van der Waals surface area (Å²) >= 11 is 0. The Hall–Kier alpha value is -0.900. The van der Waals surface area contributed by atoms with Crippen LogP contribution in [0.3, 0.4) is 0 Å². The van der Waals surface area contributed by atoms with Crippen LogP contribution in [0.2, 0.25) is 0 Å². The highest BCUT2D eigenvalue weighted by Gasteiger charge is 2.24. The molecule has 2 rings (SSSR count). The molecule has 0 radical (unpaired) electrons. The summed E-state index contributed by atoms with van der Waals surface area (Å²) in [5, 5.41) is 4.07. The van der Waals surface area contributed by atoms with Gasteiger partial charge in [-0.25, -0.2) is 0 Å². The maximum Gasteiger partial charge on any atom is 0.226 e. The van der Waals surface area contributed by atoms with E-state index in [9.17, 15) is 0 Å². The Kier molecular flexibility index (Phi) is 4.05. The van der Waals surface area contributed by atoms with Gasteiger partial charge in [-0.1, -0.05) is 38.8 Å². The van der Waals surface area contributed by atoms with Crippen molar-refractivity contribution in [1.29, 1.82) is 0 Å². The van der Waals surface area contributed by atoms with E-state index in [-0.39, 0.29) is 5.41 Å². The van der Waals surface area contributed by atoms with Gasteiger partial charge in [-0.2, -0.15) is 4.98 Å². The van der Waals surface area contributed by atoms with E-state index in [1.807, 2.05) is 0 Å². The number of nitrogens with two attached hydrogens (primary N) is 1. The number of hydrogen-bond acceptors (Lipinski definition) is 4. The van der Waals surface area contributed by atoms with Crippen molar-refractivity contribution in [3.8, 4) is 0 Å². The lowest BCUT2D eigenvalue weighted by molar-refractivity contribution is 0.272. The van der Waals surface area contributed by atoms with Gasteiger partial charge in [0.2, 0.25) is 5.89 Å². The van der Waals surface area contributed by atoms with Gasteiger partial charge < -0.3 is 10.3 Å². The second kappa shape index (κ2) is 5.39. The molecule has 4 heteroatoms. The highest BCUT2D eigenvalue weighted by Crippen LogP contribution is 2.26. The van der Waals surface area contributed by atoms with Crippen molar-refractivity contribution in [3.63, 3.8) is 0 Å². The summed E-state index contributed by atoms with van der Waals surface area (Å²) in [5.74, 6) is 2.10. The van der Waals surface area contributed by atoms with Gasteiger partial charge in [-0.3, -0.25) is 0 Å². The van der Waals surface area contributed by atoms with Gasteiger partial charge in [0.05, 0.1) is 0 Å². The number of aromatic nitrogens is 2. The van der Waals surface area contributed by atoms with Gasteiger partial charge in [0.15, 0.2) is 5.82 Å². The van der Waals surface area contributed by atoms with E-state index in [2.05, 4.69) is 30.9 Å². The summed E-state index contributed by atoms with van der Waals surface area (Å²) in [7, 11) is 0. The van der Waals surface area contributed by atoms with Crippen LogP contribution in [0.4, 0.5) is 0 Å². The molecule has 0 saturated heterocycles. The average Bonchev–Trinajstić information content (AvgIpc) is 2.66. The molecule has 102 valence electrons. The quantitative estimate of drug-likeness (QED) is 0.897. The molecule has 1 fully saturated rings. The Bertz CT molecular complexity index is 381. The highest BCUT2D eigenvalue weighted by molar-refractivity contribution is 4.93. The Morgan fingerprint density at radius 3 is 2.67 bits per heavy atom. The van der Waals surface area contributed by atoms with E-state index in [1.165, 1.54) is 19.3 Å². The fourth-order valence-corrected chi connectivity index (χ4v) is 2.63. The molecule has 0 bridgehead atoms. The van der Waals surface area contributed by atoms with Crippen LogP contribution in [0.15, 0.2) is 4.52 Å². The molecular formula is C14H25N3O. The van der Waals surface area contributed by atoms with Crippen molar-refractivity contribution in [3.05, 3.63) is 11.7 Å². The minimum Gasteiger partial charge on any atom is -0.339 e. The van der Waals surface area contributed by atoms with E-state index in [0.717, 1.165) is 31.0 Å². The maximum atomic E-state index is 6.15. The van der Waals surface area contributed by atoms with Crippen molar-refractivity contribution in [2.75, 3.05) is 0 Å². The van der Waals surface area contributed by atoms with E-state index in [1.54, 1.807) is 0 Å². The molecule has 1 aliphatic carbocycles.